The van der Waals surface area contributed by atoms with Gasteiger partial charge in [0.1, 0.15) is 0 Å². The summed E-state index contributed by atoms with van der Waals surface area (Å²) >= 11 is 0. The molecular weight excluding hydrogens is 216 g/mol. The Morgan fingerprint density at radius 1 is 1.53 bits per heavy atom. The van der Waals surface area contributed by atoms with Crippen LogP contribution in [0.25, 0.3) is 0 Å². The van der Waals surface area contributed by atoms with Gasteiger partial charge in [-0.1, -0.05) is 32.9 Å². The molecule has 17 heavy (non-hydrogen) atoms. The number of carbonyl (C=O) groups is 1. The Labute approximate surface area is 104 Å². The molecular formula is C13H24N2O2. The van der Waals surface area contributed by atoms with E-state index in [2.05, 4.69) is 25.9 Å². The number of carbonyl (C=O) groups excluding carboxylic acids is 1. The molecule has 1 aliphatic heterocycles. The van der Waals surface area contributed by atoms with Crippen molar-refractivity contribution in [1.29, 1.82) is 0 Å². The molecule has 1 rings (SSSR count). The molecule has 0 aliphatic carbocycles. The number of hydrogen-bond donors (Lipinski definition) is 1. The molecule has 1 heterocycles. The second-order valence-electron chi connectivity index (χ2n) is 6.14. The summed E-state index contributed by atoms with van der Waals surface area (Å²) in [5, 5.41) is 12.1. The zero-order chi connectivity index (χ0) is 13.1. The molecule has 1 saturated heterocycles. The van der Waals surface area contributed by atoms with Gasteiger partial charge in [-0.25, -0.2) is 0 Å². The fourth-order valence-corrected chi connectivity index (χ4v) is 2.04. The van der Waals surface area contributed by atoms with Crippen LogP contribution in [0.3, 0.4) is 0 Å². The van der Waals surface area contributed by atoms with Gasteiger partial charge in [-0.3, -0.25) is 4.79 Å². The van der Waals surface area contributed by atoms with Gasteiger partial charge in [-0.05, 0) is 11.8 Å². The Balaban J connectivity index is 2.45. The van der Waals surface area contributed by atoms with Crippen molar-refractivity contribution in [3.63, 3.8) is 0 Å². The minimum Gasteiger partial charge on any atom is -0.411 e. The first-order chi connectivity index (χ1) is 7.83. The standard InChI is InChI=1S/C13H24N2O2/c1-10-9-15(8-6-11(10)14-17)12(16)5-7-13(2,3)4/h10,17H,5-9H2,1-4H3. The third-order valence-corrected chi connectivity index (χ3v) is 3.27. The number of piperidine rings is 1. The zero-order valence-electron chi connectivity index (χ0n) is 11.4. The van der Waals surface area contributed by atoms with Crippen LogP contribution in [0.15, 0.2) is 5.16 Å². The summed E-state index contributed by atoms with van der Waals surface area (Å²) in [7, 11) is 0. The van der Waals surface area contributed by atoms with E-state index < -0.39 is 0 Å². The van der Waals surface area contributed by atoms with Crippen LogP contribution in [0.4, 0.5) is 0 Å². The first-order valence-electron chi connectivity index (χ1n) is 6.32. The minimum absolute atomic E-state index is 0.173. The second-order valence-corrected chi connectivity index (χ2v) is 6.14. The lowest BCUT2D eigenvalue weighted by molar-refractivity contribution is -0.132. The highest BCUT2D eigenvalue weighted by atomic mass is 16.4. The Bertz CT molecular complexity index is 305. The number of likely N-dealkylation sites (tertiary alicyclic amines) is 1. The third kappa shape index (κ3) is 4.36. The molecule has 4 heteroatoms. The van der Waals surface area contributed by atoms with Gasteiger partial charge in [-0.2, -0.15) is 0 Å². The quantitative estimate of drug-likeness (QED) is 0.595. The summed E-state index contributed by atoms with van der Waals surface area (Å²) in [4.78, 5) is 13.9. The largest absolute Gasteiger partial charge is 0.411 e. The van der Waals surface area contributed by atoms with Crippen molar-refractivity contribution >= 4 is 11.6 Å². The smallest absolute Gasteiger partial charge is 0.222 e. The van der Waals surface area contributed by atoms with Gasteiger partial charge in [0.15, 0.2) is 0 Å². The average Bonchev–Trinajstić information content (AvgIpc) is 2.24. The molecule has 0 spiro atoms. The monoisotopic (exact) mass is 240 g/mol. The van der Waals surface area contributed by atoms with Crippen molar-refractivity contribution in [2.75, 3.05) is 13.1 Å². The molecule has 0 aromatic rings. The summed E-state index contributed by atoms with van der Waals surface area (Å²) in [6.45, 7) is 9.81. The minimum atomic E-state index is 0.173. The molecule has 0 radical (unpaired) electrons. The van der Waals surface area contributed by atoms with Gasteiger partial charge in [0.25, 0.3) is 0 Å². The van der Waals surface area contributed by atoms with Crippen LogP contribution in [0.5, 0.6) is 0 Å². The fraction of sp³-hybridized carbons (Fsp3) is 0.846. The maximum Gasteiger partial charge on any atom is 0.222 e. The molecule has 4 nitrogen and oxygen atoms in total. The van der Waals surface area contributed by atoms with Crippen LogP contribution in [0.1, 0.15) is 47.0 Å². The summed E-state index contributed by atoms with van der Waals surface area (Å²) < 4.78 is 0. The highest BCUT2D eigenvalue weighted by molar-refractivity contribution is 5.89. The SMILES string of the molecule is CC1CN(C(=O)CCC(C)(C)C)CCC1=NO. The highest BCUT2D eigenvalue weighted by Crippen LogP contribution is 2.22. The predicted molar refractivity (Wildman–Crippen MR) is 68.3 cm³/mol. The number of nitrogens with zero attached hydrogens (tertiary/aromatic N) is 2. The van der Waals surface area contributed by atoms with Gasteiger partial charge in [-0.15, -0.1) is 0 Å². The van der Waals surface area contributed by atoms with Gasteiger partial charge in [0, 0.05) is 31.8 Å². The lowest BCUT2D eigenvalue weighted by Crippen LogP contribution is -2.43. The fourth-order valence-electron chi connectivity index (χ4n) is 2.04. The van der Waals surface area contributed by atoms with E-state index in [1.54, 1.807) is 0 Å². The summed E-state index contributed by atoms with van der Waals surface area (Å²) in [5.74, 6) is 0.399. The molecule has 1 fully saturated rings. The molecule has 0 saturated carbocycles. The zero-order valence-corrected chi connectivity index (χ0v) is 11.4. The van der Waals surface area contributed by atoms with Gasteiger partial charge in [0.2, 0.25) is 5.91 Å². The van der Waals surface area contributed by atoms with Crippen LogP contribution in [-0.4, -0.2) is 34.8 Å². The molecule has 0 bridgehead atoms. The first kappa shape index (κ1) is 14.0. The molecule has 0 aromatic heterocycles. The van der Waals surface area contributed by atoms with Crippen molar-refractivity contribution in [3.8, 4) is 0 Å². The summed E-state index contributed by atoms with van der Waals surface area (Å²) in [6.07, 6.45) is 2.22. The molecule has 1 aliphatic rings. The average molecular weight is 240 g/mol. The van der Waals surface area contributed by atoms with E-state index in [1.807, 2.05) is 11.8 Å². The van der Waals surface area contributed by atoms with Crippen LogP contribution in [-0.2, 0) is 4.79 Å². The summed E-state index contributed by atoms with van der Waals surface area (Å²) in [6, 6.07) is 0. The van der Waals surface area contributed by atoms with Crippen molar-refractivity contribution in [1.82, 2.24) is 4.90 Å². The van der Waals surface area contributed by atoms with Gasteiger partial charge in [0.05, 0.1) is 5.71 Å². The Morgan fingerprint density at radius 3 is 2.65 bits per heavy atom. The number of amides is 1. The van der Waals surface area contributed by atoms with E-state index >= 15 is 0 Å². The second kappa shape index (κ2) is 5.52. The molecule has 98 valence electrons. The molecule has 0 aromatic carbocycles. The van der Waals surface area contributed by atoms with Crippen LogP contribution in [0.2, 0.25) is 0 Å². The topological polar surface area (TPSA) is 52.9 Å². The molecule has 1 atom stereocenters. The molecule has 1 amide bonds. The molecule has 1 unspecified atom stereocenters. The number of oxime groups is 1. The van der Waals surface area contributed by atoms with Crippen LogP contribution < -0.4 is 0 Å². The van der Waals surface area contributed by atoms with Crippen molar-refractivity contribution in [2.45, 2.75) is 47.0 Å². The van der Waals surface area contributed by atoms with E-state index in [0.717, 1.165) is 12.1 Å². The Kier molecular flexibility index (Phi) is 4.54. The lowest BCUT2D eigenvalue weighted by Gasteiger charge is -2.32. The molecule has 1 N–H and O–H groups in total. The highest BCUT2D eigenvalue weighted by Gasteiger charge is 2.26. The summed E-state index contributed by atoms with van der Waals surface area (Å²) in [5.41, 5.74) is 1.01. The van der Waals surface area contributed by atoms with E-state index in [1.165, 1.54) is 0 Å². The van der Waals surface area contributed by atoms with Crippen molar-refractivity contribution in [3.05, 3.63) is 0 Å². The normalized spacial score (nSPS) is 24.1. The lowest BCUT2D eigenvalue weighted by atomic mass is 9.90. The van der Waals surface area contributed by atoms with Crippen molar-refractivity contribution < 1.29 is 10.0 Å². The Hall–Kier alpha value is -1.06. The van der Waals surface area contributed by atoms with E-state index in [4.69, 9.17) is 5.21 Å². The van der Waals surface area contributed by atoms with Crippen molar-refractivity contribution in [2.24, 2.45) is 16.5 Å². The third-order valence-electron chi connectivity index (χ3n) is 3.27. The van der Waals surface area contributed by atoms with E-state index in [0.29, 0.717) is 25.9 Å². The number of hydrogen-bond acceptors (Lipinski definition) is 3. The Morgan fingerprint density at radius 2 is 2.18 bits per heavy atom. The first-order valence-corrected chi connectivity index (χ1v) is 6.32. The maximum absolute atomic E-state index is 12.0. The van der Waals surface area contributed by atoms with Gasteiger partial charge >= 0.3 is 0 Å². The van der Waals surface area contributed by atoms with Crippen LogP contribution >= 0.6 is 0 Å². The maximum atomic E-state index is 12.0. The predicted octanol–water partition coefficient (Wildman–Crippen LogP) is 2.51. The van der Waals surface area contributed by atoms with E-state index in [-0.39, 0.29) is 17.2 Å². The van der Waals surface area contributed by atoms with E-state index in [9.17, 15) is 4.79 Å². The van der Waals surface area contributed by atoms with Crippen LogP contribution in [0, 0.1) is 11.3 Å². The number of rotatable bonds is 2. The van der Waals surface area contributed by atoms with Gasteiger partial charge < -0.3 is 10.1 Å².